The first-order valence-corrected chi connectivity index (χ1v) is 8.67. The van der Waals surface area contributed by atoms with Gasteiger partial charge in [0.15, 0.2) is 8.32 Å². The van der Waals surface area contributed by atoms with E-state index in [0.717, 1.165) is 19.4 Å². The van der Waals surface area contributed by atoms with Crippen LogP contribution < -0.4 is 0 Å². The molecule has 2 heteroatoms. The van der Waals surface area contributed by atoms with Crippen LogP contribution in [0.5, 0.6) is 0 Å². The van der Waals surface area contributed by atoms with Crippen molar-refractivity contribution in [2.24, 2.45) is 0 Å². The zero-order valence-electron chi connectivity index (χ0n) is 9.42. The van der Waals surface area contributed by atoms with Crippen molar-refractivity contribution in [1.82, 2.24) is 0 Å². The van der Waals surface area contributed by atoms with Crippen LogP contribution in [-0.4, -0.2) is 14.9 Å². The highest BCUT2D eigenvalue weighted by Crippen LogP contribution is 2.06. The molecule has 1 rings (SSSR count). The van der Waals surface area contributed by atoms with Gasteiger partial charge >= 0.3 is 0 Å². The lowest BCUT2D eigenvalue weighted by Gasteiger charge is -2.16. The molecule has 14 heavy (non-hydrogen) atoms. The van der Waals surface area contributed by atoms with E-state index in [1.54, 1.807) is 0 Å². The highest BCUT2D eigenvalue weighted by atomic mass is 28.4. The van der Waals surface area contributed by atoms with Gasteiger partial charge in [0.2, 0.25) is 0 Å². The maximum absolute atomic E-state index is 5.79. The molecule has 1 aromatic rings. The number of aryl methyl sites for hydroxylation is 1. The number of hydrogen-bond acceptors (Lipinski definition) is 1. The molecule has 0 aromatic heterocycles. The van der Waals surface area contributed by atoms with E-state index in [1.807, 2.05) is 0 Å². The molecule has 0 bridgehead atoms. The Bertz CT molecular complexity index is 251. The van der Waals surface area contributed by atoms with Gasteiger partial charge in [-0.25, -0.2) is 0 Å². The first kappa shape index (κ1) is 11.5. The summed E-state index contributed by atoms with van der Waals surface area (Å²) in [6, 6.07) is 10.6. The van der Waals surface area contributed by atoms with Crippen LogP contribution in [0.3, 0.4) is 0 Å². The molecule has 78 valence electrons. The summed E-state index contributed by atoms with van der Waals surface area (Å²) in [4.78, 5) is 0. The van der Waals surface area contributed by atoms with Crippen molar-refractivity contribution in [1.29, 1.82) is 0 Å². The van der Waals surface area contributed by atoms with Crippen LogP contribution in [0.1, 0.15) is 12.0 Å². The Morgan fingerprint density at radius 3 is 2.29 bits per heavy atom. The molecule has 0 aliphatic rings. The van der Waals surface area contributed by atoms with E-state index in [1.165, 1.54) is 5.56 Å². The van der Waals surface area contributed by atoms with Gasteiger partial charge in [-0.3, -0.25) is 0 Å². The van der Waals surface area contributed by atoms with Gasteiger partial charge in [-0.05, 0) is 38.0 Å². The average molecular weight is 208 g/mol. The standard InChI is InChI=1S/C12H20OSi/c1-14(2,3)13-11-7-10-12-8-5-4-6-9-12/h4-6,8-9H,7,10-11H2,1-3H3. The Kier molecular flexibility index (Phi) is 4.36. The molecule has 0 atom stereocenters. The largest absolute Gasteiger partial charge is 0.418 e. The highest BCUT2D eigenvalue weighted by Gasteiger charge is 2.12. The topological polar surface area (TPSA) is 9.23 Å². The van der Waals surface area contributed by atoms with Gasteiger partial charge in [0.25, 0.3) is 0 Å². The lowest BCUT2D eigenvalue weighted by molar-refractivity contribution is 0.305. The van der Waals surface area contributed by atoms with Crippen molar-refractivity contribution < 1.29 is 4.43 Å². The maximum Gasteiger partial charge on any atom is 0.183 e. The van der Waals surface area contributed by atoms with E-state index >= 15 is 0 Å². The van der Waals surface area contributed by atoms with Crippen molar-refractivity contribution in [3.05, 3.63) is 35.9 Å². The minimum Gasteiger partial charge on any atom is -0.418 e. The van der Waals surface area contributed by atoms with Crippen molar-refractivity contribution in [3.8, 4) is 0 Å². The van der Waals surface area contributed by atoms with Gasteiger partial charge in [-0.1, -0.05) is 30.3 Å². The quantitative estimate of drug-likeness (QED) is 0.532. The summed E-state index contributed by atoms with van der Waals surface area (Å²) in [5.74, 6) is 0. The molecule has 1 aromatic carbocycles. The van der Waals surface area contributed by atoms with Gasteiger partial charge in [0.1, 0.15) is 0 Å². The molecule has 0 saturated carbocycles. The van der Waals surface area contributed by atoms with E-state index in [4.69, 9.17) is 4.43 Å². The Hall–Kier alpha value is -0.603. The van der Waals surface area contributed by atoms with Gasteiger partial charge in [-0.2, -0.15) is 0 Å². The van der Waals surface area contributed by atoms with Crippen LogP contribution in [0.4, 0.5) is 0 Å². The molecular weight excluding hydrogens is 188 g/mol. The molecule has 0 aliphatic carbocycles. The van der Waals surface area contributed by atoms with E-state index in [9.17, 15) is 0 Å². The molecule has 0 heterocycles. The van der Waals surface area contributed by atoms with Crippen LogP contribution in [0, 0.1) is 0 Å². The van der Waals surface area contributed by atoms with E-state index in [-0.39, 0.29) is 0 Å². The molecule has 0 saturated heterocycles. The average Bonchev–Trinajstić information content (AvgIpc) is 2.13. The normalized spacial score (nSPS) is 11.6. The first-order valence-electron chi connectivity index (χ1n) is 5.26. The van der Waals surface area contributed by atoms with Crippen LogP contribution in [0.25, 0.3) is 0 Å². The zero-order chi connectivity index (χ0) is 10.4. The predicted molar refractivity (Wildman–Crippen MR) is 64.1 cm³/mol. The molecule has 0 aliphatic heterocycles. The molecule has 0 fully saturated rings. The number of benzene rings is 1. The fourth-order valence-electron chi connectivity index (χ4n) is 1.30. The predicted octanol–water partition coefficient (Wildman–Crippen LogP) is 3.47. The minimum atomic E-state index is -1.30. The summed E-state index contributed by atoms with van der Waals surface area (Å²) in [7, 11) is -1.30. The van der Waals surface area contributed by atoms with Gasteiger partial charge < -0.3 is 4.43 Å². The van der Waals surface area contributed by atoms with Gasteiger partial charge in [0.05, 0.1) is 0 Å². The fourth-order valence-corrected chi connectivity index (χ4v) is 2.06. The summed E-state index contributed by atoms with van der Waals surface area (Å²) in [5.41, 5.74) is 1.41. The van der Waals surface area contributed by atoms with Crippen molar-refractivity contribution in [2.75, 3.05) is 6.61 Å². The Morgan fingerprint density at radius 2 is 1.71 bits per heavy atom. The number of rotatable bonds is 5. The van der Waals surface area contributed by atoms with Crippen LogP contribution in [-0.2, 0) is 10.8 Å². The Labute approximate surface area is 88.2 Å². The van der Waals surface area contributed by atoms with E-state index < -0.39 is 8.32 Å². The van der Waals surface area contributed by atoms with Crippen molar-refractivity contribution >= 4 is 8.32 Å². The second kappa shape index (κ2) is 5.32. The highest BCUT2D eigenvalue weighted by molar-refractivity contribution is 6.69. The first-order chi connectivity index (χ1) is 6.58. The van der Waals surface area contributed by atoms with Crippen molar-refractivity contribution in [3.63, 3.8) is 0 Å². The summed E-state index contributed by atoms with van der Waals surface area (Å²) in [5, 5.41) is 0. The molecule has 0 unspecified atom stereocenters. The SMILES string of the molecule is C[Si](C)(C)OCCCc1ccccc1. The third-order valence-corrected chi connectivity index (χ3v) is 3.06. The second-order valence-electron chi connectivity index (χ2n) is 4.55. The molecule has 1 nitrogen and oxygen atoms in total. The third kappa shape index (κ3) is 5.20. The Morgan fingerprint density at radius 1 is 1.07 bits per heavy atom. The van der Waals surface area contributed by atoms with Crippen LogP contribution in [0.15, 0.2) is 30.3 Å². The molecule has 0 N–H and O–H groups in total. The lowest BCUT2D eigenvalue weighted by atomic mass is 10.1. The summed E-state index contributed by atoms with van der Waals surface area (Å²) < 4.78 is 5.79. The van der Waals surface area contributed by atoms with Gasteiger partial charge in [0, 0.05) is 6.61 Å². The summed E-state index contributed by atoms with van der Waals surface area (Å²) >= 11 is 0. The van der Waals surface area contributed by atoms with Gasteiger partial charge in [-0.15, -0.1) is 0 Å². The van der Waals surface area contributed by atoms with Crippen LogP contribution in [0.2, 0.25) is 19.6 Å². The molecule has 0 radical (unpaired) electrons. The molecule has 0 spiro atoms. The summed E-state index contributed by atoms with van der Waals surface area (Å²) in [6.45, 7) is 7.60. The monoisotopic (exact) mass is 208 g/mol. The smallest absolute Gasteiger partial charge is 0.183 e. The van der Waals surface area contributed by atoms with E-state index in [2.05, 4.69) is 50.0 Å². The fraction of sp³-hybridized carbons (Fsp3) is 0.500. The van der Waals surface area contributed by atoms with E-state index in [0.29, 0.717) is 0 Å². The maximum atomic E-state index is 5.79. The third-order valence-electron chi connectivity index (χ3n) is 1.99. The van der Waals surface area contributed by atoms with Crippen LogP contribution >= 0.6 is 0 Å². The lowest BCUT2D eigenvalue weighted by Crippen LogP contribution is -2.25. The minimum absolute atomic E-state index is 0.907. The molecule has 0 amide bonds. The van der Waals surface area contributed by atoms with Crippen molar-refractivity contribution in [2.45, 2.75) is 32.5 Å². The molecular formula is C12H20OSi. The second-order valence-corrected chi connectivity index (χ2v) is 9.06. The summed E-state index contributed by atoms with van der Waals surface area (Å²) in [6.07, 6.45) is 2.26. The number of hydrogen-bond donors (Lipinski definition) is 0. The zero-order valence-corrected chi connectivity index (χ0v) is 10.4. The Balaban J connectivity index is 2.17.